The van der Waals surface area contributed by atoms with Crippen LogP contribution in [0.2, 0.25) is 0 Å². The maximum atomic E-state index is 10.00. The number of ether oxygens (including phenoxy) is 4. The number of aliphatic hydroxyl groups is 2. The molecule has 4 atom stereocenters. The van der Waals surface area contributed by atoms with Crippen molar-refractivity contribution in [1.82, 2.24) is 0 Å². The molecule has 3 N–H and O–H groups in total. The Morgan fingerprint density at radius 3 is 2.48 bits per heavy atom. The van der Waals surface area contributed by atoms with E-state index in [0.717, 1.165) is 0 Å². The van der Waals surface area contributed by atoms with Gasteiger partial charge in [0.15, 0.2) is 11.5 Å². The van der Waals surface area contributed by atoms with Gasteiger partial charge in [-0.15, -0.1) is 0 Å². The number of hydrogen-bond donors (Lipinski definition) is 3. The summed E-state index contributed by atoms with van der Waals surface area (Å²) in [7, 11) is 2.91. The Morgan fingerprint density at radius 2 is 1.90 bits per heavy atom. The van der Waals surface area contributed by atoms with Gasteiger partial charge in [0, 0.05) is 18.6 Å². The molecule has 1 aromatic rings. The third-order valence-electron chi connectivity index (χ3n) is 3.39. The molecule has 1 fully saturated rings. The Bertz CT molecular complexity index is 478. The molecule has 21 heavy (non-hydrogen) atoms. The lowest BCUT2D eigenvalue weighted by Crippen LogP contribution is -2.48. The van der Waals surface area contributed by atoms with Crippen LogP contribution in [-0.4, -0.2) is 54.1 Å². The zero-order valence-corrected chi connectivity index (χ0v) is 12.1. The third-order valence-corrected chi connectivity index (χ3v) is 3.39. The van der Waals surface area contributed by atoms with E-state index in [4.69, 9.17) is 18.9 Å². The normalized spacial score (nSPS) is 29.0. The molecule has 1 heterocycles. The lowest BCUT2D eigenvalue weighted by atomic mass is 10.0. The van der Waals surface area contributed by atoms with Crippen molar-refractivity contribution in [1.29, 1.82) is 0 Å². The third kappa shape index (κ3) is 3.31. The fourth-order valence-electron chi connectivity index (χ4n) is 2.18. The van der Waals surface area contributed by atoms with Crippen molar-refractivity contribution in [3.05, 3.63) is 12.1 Å². The van der Waals surface area contributed by atoms with Crippen molar-refractivity contribution in [2.75, 3.05) is 14.2 Å². The molecule has 118 valence electrons. The molecule has 2 rings (SSSR count). The van der Waals surface area contributed by atoms with Crippen LogP contribution in [0.5, 0.6) is 23.0 Å². The van der Waals surface area contributed by atoms with Crippen LogP contribution >= 0.6 is 0 Å². The number of hydrogen-bond acceptors (Lipinski definition) is 7. The van der Waals surface area contributed by atoms with Crippen molar-refractivity contribution in [3.8, 4) is 23.0 Å². The van der Waals surface area contributed by atoms with Crippen LogP contribution < -0.4 is 14.2 Å². The Morgan fingerprint density at radius 1 is 1.19 bits per heavy atom. The Labute approximate surface area is 122 Å². The van der Waals surface area contributed by atoms with Crippen LogP contribution in [0.15, 0.2) is 12.1 Å². The van der Waals surface area contributed by atoms with Gasteiger partial charge in [-0.1, -0.05) is 0 Å². The fourth-order valence-corrected chi connectivity index (χ4v) is 2.18. The summed E-state index contributed by atoms with van der Waals surface area (Å²) in [6.07, 6.45) is -3.21. The fraction of sp³-hybridized carbons (Fsp3) is 0.571. The van der Waals surface area contributed by atoms with Crippen LogP contribution in [0.25, 0.3) is 0 Å². The first kappa shape index (κ1) is 15.7. The molecule has 1 saturated heterocycles. The minimum atomic E-state index is -0.962. The highest BCUT2D eigenvalue weighted by Crippen LogP contribution is 2.41. The van der Waals surface area contributed by atoms with Gasteiger partial charge in [-0.05, 0) is 6.92 Å². The molecule has 7 nitrogen and oxygen atoms in total. The summed E-state index contributed by atoms with van der Waals surface area (Å²) in [6, 6.07) is 2.95. The van der Waals surface area contributed by atoms with E-state index in [1.807, 2.05) is 0 Å². The first-order valence-corrected chi connectivity index (χ1v) is 6.59. The molecule has 7 heteroatoms. The second kappa shape index (κ2) is 6.38. The van der Waals surface area contributed by atoms with E-state index in [9.17, 15) is 15.3 Å². The molecule has 0 spiro atoms. The number of rotatable bonds is 4. The number of benzene rings is 1. The molecule has 0 saturated carbocycles. The molecule has 0 radical (unpaired) electrons. The van der Waals surface area contributed by atoms with E-state index >= 15 is 0 Å². The molecular formula is C14H20O7. The topological polar surface area (TPSA) is 97.6 Å². The smallest absolute Gasteiger partial charge is 0.206 e. The van der Waals surface area contributed by atoms with Crippen LogP contribution in [0, 0.1) is 0 Å². The highest BCUT2D eigenvalue weighted by Gasteiger charge is 2.36. The first-order chi connectivity index (χ1) is 9.96. The molecule has 1 aliphatic heterocycles. The summed E-state index contributed by atoms with van der Waals surface area (Å²) in [5, 5.41) is 29.4. The number of phenols is 1. The average molecular weight is 300 g/mol. The van der Waals surface area contributed by atoms with Crippen LogP contribution in [0.4, 0.5) is 0 Å². The van der Waals surface area contributed by atoms with E-state index < -0.39 is 24.6 Å². The van der Waals surface area contributed by atoms with Gasteiger partial charge in [0.1, 0.15) is 11.9 Å². The van der Waals surface area contributed by atoms with Gasteiger partial charge >= 0.3 is 0 Å². The molecular weight excluding hydrogens is 280 g/mol. The number of phenolic OH excluding ortho intramolecular Hbond substituents is 1. The Balaban J connectivity index is 2.19. The van der Waals surface area contributed by atoms with Gasteiger partial charge in [0.2, 0.25) is 12.0 Å². The lowest BCUT2D eigenvalue weighted by Gasteiger charge is -2.35. The summed E-state index contributed by atoms with van der Waals surface area (Å²) < 4.78 is 21.2. The van der Waals surface area contributed by atoms with Gasteiger partial charge < -0.3 is 34.3 Å². The Hall–Kier alpha value is -1.70. The largest absolute Gasteiger partial charge is 0.504 e. The van der Waals surface area contributed by atoms with E-state index in [1.165, 1.54) is 20.3 Å². The molecule has 0 unspecified atom stereocenters. The van der Waals surface area contributed by atoms with Crippen molar-refractivity contribution in [3.63, 3.8) is 0 Å². The van der Waals surface area contributed by atoms with E-state index in [1.54, 1.807) is 13.0 Å². The highest BCUT2D eigenvalue weighted by molar-refractivity contribution is 5.55. The van der Waals surface area contributed by atoms with Crippen molar-refractivity contribution < 1.29 is 34.3 Å². The Kier molecular flexibility index (Phi) is 4.76. The molecule has 0 aromatic heterocycles. The average Bonchev–Trinajstić information content (AvgIpc) is 2.46. The number of methoxy groups -OCH3 is 2. The van der Waals surface area contributed by atoms with E-state index in [-0.39, 0.29) is 23.7 Å². The maximum Gasteiger partial charge on any atom is 0.206 e. The number of aliphatic hydroxyl groups excluding tert-OH is 2. The molecule has 1 aliphatic rings. The molecule has 0 bridgehead atoms. The predicted molar refractivity (Wildman–Crippen MR) is 72.8 cm³/mol. The van der Waals surface area contributed by atoms with E-state index in [0.29, 0.717) is 5.75 Å². The number of aromatic hydroxyl groups is 1. The summed E-state index contributed by atoms with van der Waals surface area (Å²) in [5.74, 6) is 0.635. The first-order valence-electron chi connectivity index (χ1n) is 6.59. The minimum Gasteiger partial charge on any atom is -0.504 e. The quantitative estimate of drug-likeness (QED) is 0.751. The maximum absolute atomic E-state index is 10.00. The monoisotopic (exact) mass is 300 g/mol. The van der Waals surface area contributed by atoms with E-state index in [2.05, 4.69) is 0 Å². The summed E-state index contributed by atoms with van der Waals surface area (Å²) in [5.41, 5.74) is 0. The lowest BCUT2D eigenvalue weighted by molar-refractivity contribution is -0.217. The van der Waals surface area contributed by atoms with Crippen molar-refractivity contribution in [2.45, 2.75) is 37.9 Å². The van der Waals surface area contributed by atoms with Gasteiger partial charge in [-0.2, -0.15) is 0 Å². The zero-order chi connectivity index (χ0) is 15.6. The van der Waals surface area contributed by atoms with Crippen molar-refractivity contribution >= 4 is 0 Å². The van der Waals surface area contributed by atoms with Gasteiger partial charge in [0.05, 0.1) is 26.4 Å². The van der Waals surface area contributed by atoms with Gasteiger partial charge in [-0.3, -0.25) is 0 Å². The van der Waals surface area contributed by atoms with Crippen molar-refractivity contribution in [2.24, 2.45) is 0 Å². The second-order valence-corrected chi connectivity index (χ2v) is 4.86. The molecule has 1 aromatic carbocycles. The zero-order valence-electron chi connectivity index (χ0n) is 12.1. The standard InChI is InChI=1S/C14H20O7/c1-7-13(17)9(15)6-12(20-7)21-14-10(16)4-8(18-2)5-11(14)19-3/h4-5,7,9,12-13,15-17H,6H2,1-3H3/t7-,9-,12+,13-/m1/s1. The van der Waals surface area contributed by atoms with Gasteiger partial charge in [-0.25, -0.2) is 0 Å². The second-order valence-electron chi connectivity index (χ2n) is 4.86. The predicted octanol–water partition coefficient (Wildman–Crippen LogP) is 0.645. The van der Waals surface area contributed by atoms with Crippen LogP contribution in [0.3, 0.4) is 0 Å². The van der Waals surface area contributed by atoms with Crippen LogP contribution in [0.1, 0.15) is 13.3 Å². The SMILES string of the molecule is COc1cc(O)c(O[C@H]2C[C@@H](O)[C@H](O)[C@@H](C)O2)c(OC)c1. The summed E-state index contributed by atoms with van der Waals surface area (Å²) >= 11 is 0. The van der Waals surface area contributed by atoms with Crippen LogP contribution in [-0.2, 0) is 4.74 Å². The minimum absolute atomic E-state index is 0.0835. The highest BCUT2D eigenvalue weighted by atomic mass is 16.7. The van der Waals surface area contributed by atoms with Gasteiger partial charge in [0.25, 0.3) is 0 Å². The molecule has 0 aliphatic carbocycles. The summed E-state index contributed by atoms with van der Waals surface area (Å²) in [4.78, 5) is 0. The summed E-state index contributed by atoms with van der Waals surface area (Å²) in [6.45, 7) is 1.63. The molecule has 0 amide bonds.